The Balaban J connectivity index is 1.82. The van der Waals surface area contributed by atoms with Gasteiger partial charge in [0.2, 0.25) is 0 Å². The maximum absolute atomic E-state index is 6.26. The summed E-state index contributed by atoms with van der Waals surface area (Å²) in [6, 6.07) is 0.209. The molecular formula is C16H23ClN6. The van der Waals surface area contributed by atoms with Crippen molar-refractivity contribution in [2.45, 2.75) is 49.7 Å². The number of aromatic amines is 1. The molecule has 0 radical (unpaired) electrons. The molecule has 1 saturated carbocycles. The van der Waals surface area contributed by atoms with Crippen LogP contribution in [0.15, 0.2) is 17.1 Å². The van der Waals surface area contributed by atoms with Gasteiger partial charge in [-0.25, -0.2) is 4.98 Å². The summed E-state index contributed by atoms with van der Waals surface area (Å²) in [5.74, 6) is 1.66. The van der Waals surface area contributed by atoms with Gasteiger partial charge >= 0.3 is 0 Å². The van der Waals surface area contributed by atoms with Gasteiger partial charge in [0, 0.05) is 6.04 Å². The van der Waals surface area contributed by atoms with E-state index >= 15 is 0 Å². The standard InChI is InChI=1S/C16H23ClN6/c1-7(2)13(18)15-8(3)20-11(22-15)6-12-21-10-5-4-9(17)14(19)16(10)23-12/h9-10,14,16H,1,3-6,18-19H2,2H3,(H,20,22)(H,21,23)/b15-13-. The van der Waals surface area contributed by atoms with Gasteiger partial charge in [-0.3, -0.25) is 4.99 Å². The zero-order chi connectivity index (χ0) is 16.7. The average molecular weight is 335 g/mol. The van der Waals surface area contributed by atoms with E-state index in [1.54, 1.807) is 0 Å². The molecule has 6 N–H and O–H groups in total. The van der Waals surface area contributed by atoms with E-state index in [9.17, 15) is 0 Å². The van der Waals surface area contributed by atoms with Crippen molar-refractivity contribution in [3.63, 3.8) is 0 Å². The van der Waals surface area contributed by atoms with Crippen LogP contribution in [0.25, 0.3) is 12.3 Å². The Morgan fingerprint density at radius 2 is 2.17 bits per heavy atom. The molecule has 2 aliphatic rings. The molecule has 124 valence electrons. The summed E-state index contributed by atoms with van der Waals surface area (Å²) in [6.45, 7) is 9.65. The molecule has 1 fully saturated rings. The Morgan fingerprint density at radius 3 is 2.87 bits per heavy atom. The molecule has 1 aromatic rings. The van der Waals surface area contributed by atoms with E-state index in [0.29, 0.717) is 22.8 Å². The molecule has 1 aromatic heterocycles. The number of H-pyrrole nitrogens is 1. The third kappa shape index (κ3) is 3.01. The van der Waals surface area contributed by atoms with Crippen LogP contribution in [-0.2, 0) is 6.42 Å². The number of fused-ring (bicyclic) bond motifs is 1. The number of hydrogen-bond acceptors (Lipinski definition) is 5. The smallest absolute Gasteiger partial charge is 0.114 e. The largest absolute Gasteiger partial charge is 0.397 e. The maximum atomic E-state index is 6.26. The van der Waals surface area contributed by atoms with Crippen molar-refractivity contribution in [1.82, 2.24) is 15.3 Å². The highest BCUT2D eigenvalue weighted by atomic mass is 35.5. The lowest BCUT2D eigenvalue weighted by atomic mass is 9.87. The number of halogens is 1. The van der Waals surface area contributed by atoms with Crippen LogP contribution in [0.1, 0.15) is 25.6 Å². The Bertz CT molecular complexity index is 764. The lowest BCUT2D eigenvalue weighted by molar-refractivity contribution is 0.346. The molecule has 0 aromatic carbocycles. The number of rotatable bonds is 3. The highest BCUT2D eigenvalue weighted by Gasteiger charge is 2.40. The molecule has 0 bridgehead atoms. The maximum Gasteiger partial charge on any atom is 0.114 e. The van der Waals surface area contributed by atoms with Crippen molar-refractivity contribution in [3.05, 3.63) is 28.7 Å². The SMILES string of the molecule is C=C(C)/C(N)=c1/nc(CC2=NC3C(CCC(Cl)C3N)N2)[nH]c1=C. The quantitative estimate of drug-likeness (QED) is 0.558. The molecule has 0 amide bonds. The van der Waals surface area contributed by atoms with Gasteiger partial charge in [-0.1, -0.05) is 13.2 Å². The number of hydrogen-bond donors (Lipinski definition) is 4. The zero-order valence-corrected chi connectivity index (χ0v) is 14.0. The van der Waals surface area contributed by atoms with Gasteiger partial charge in [-0.05, 0) is 25.3 Å². The predicted molar refractivity (Wildman–Crippen MR) is 94.5 cm³/mol. The van der Waals surface area contributed by atoms with Gasteiger partial charge in [-0.2, -0.15) is 0 Å². The van der Waals surface area contributed by atoms with Crippen molar-refractivity contribution < 1.29 is 0 Å². The second-order valence-corrected chi connectivity index (χ2v) is 6.93. The number of alkyl halides is 1. The second-order valence-electron chi connectivity index (χ2n) is 6.37. The summed E-state index contributed by atoms with van der Waals surface area (Å²) >= 11 is 6.26. The summed E-state index contributed by atoms with van der Waals surface area (Å²) < 4.78 is 0. The van der Waals surface area contributed by atoms with Crippen LogP contribution < -0.4 is 27.5 Å². The van der Waals surface area contributed by atoms with Crippen LogP contribution in [0, 0.1) is 0 Å². The van der Waals surface area contributed by atoms with Crippen LogP contribution in [0.2, 0.25) is 0 Å². The Hall–Kier alpha value is -1.79. The molecule has 4 unspecified atom stereocenters. The van der Waals surface area contributed by atoms with E-state index in [1.165, 1.54) is 0 Å². The zero-order valence-electron chi connectivity index (χ0n) is 13.3. The van der Waals surface area contributed by atoms with E-state index in [0.717, 1.165) is 30.1 Å². The van der Waals surface area contributed by atoms with E-state index in [2.05, 4.69) is 28.4 Å². The van der Waals surface area contributed by atoms with E-state index < -0.39 is 0 Å². The van der Waals surface area contributed by atoms with Gasteiger partial charge in [0.05, 0.1) is 34.9 Å². The number of imidazole rings is 1. The van der Waals surface area contributed by atoms with Gasteiger partial charge in [0.1, 0.15) is 17.0 Å². The van der Waals surface area contributed by atoms with E-state index in [1.807, 2.05) is 6.92 Å². The number of nitrogens with one attached hydrogen (secondary N) is 2. The first-order valence-corrected chi connectivity index (χ1v) is 8.23. The molecule has 23 heavy (non-hydrogen) atoms. The summed E-state index contributed by atoms with van der Waals surface area (Å²) in [7, 11) is 0. The summed E-state index contributed by atoms with van der Waals surface area (Å²) in [4.78, 5) is 12.4. The molecule has 0 saturated heterocycles. The van der Waals surface area contributed by atoms with Gasteiger partial charge in [0.25, 0.3) is 0 Å². The van der Waals surface area contributed by atoms with Gasteiger partial charge in [-0.15, -0.1) is 11.6 Å². The van der Waals surface area contributed by atoms with Crippen molar-refractivity contribution in [1.29, 1.82) is 0 Å². The lowest BCUT2D eigenvalue weighted by Crippen LogP contribution is -2.53. The monoisotopic (exact) mass is 334 g/mol. The van der Waals surface area contributed by atoms with Crippen LogP contribution in [0.4, 0.5) is 0 Å². The van der Waals surface area contributed by atoms with Crippen molar-refractivity contribution in [2.24, 2.45) is 16.5 Å². The van der Waals surface area contributed by atoms with Crippen molar-refractivity contribution >= 4 is 29.7 Å². The van der Waals surface area contributed by atoms with Crippen molar-refractivity contribution in [3.8, 4) is 0 Å². The minimum absolute atomic E-state index is 0.00669. The molecule has 6 nitrogen and oxygen atoms in total. The minimum Gasteiger partial charge on any atom is -0.397 e. The third-order valence-electron chi connectivity index (χ3n) is 4.51. The first-order chi connectivity index (χ1) is 10.9. The molecule has 3 rings (SSSR count). The fourth-order valence-corrected chi connectivity index (χ4v) is 3.45. The fraction of sp³-hybridized carbons (Fsp3) is 0.500. The van der Waals surface area contributed by atoms with Crippen molar-refractivity contribution in [2.75, 3.05) is 0 Å². The van der Waals surface area contributed by atoms with Crippen LogP contribution in [0.5, 0.6) is 0 Å². The lowest BCUT2D eigenvalue weighted by Gasteiger charge is -2.32. The summed E-state index contributed by atoms with van der Waals surface area (Å²) in [5.41, 5.74) is 13.5. The van der Waals surface area contributed by atoms with Gasteiger partial charge in [0.15, 0.2) is 0 Å². The highest BCUT2D eigenvalue weighted by molar-refractivity contribution is 6.21. The van der Waals surface area contributed by atoms with Gasteiger partial charge < -0.3 is 21.8 Å². The number of aliphatic imine (C=N–C) groups is 1. The molecular weight excluding hydrogens is 312 g/mol. The first-order valence-electron chi connectivity index (χ1n) is 7.79. The second kappa shape index (κ2) is 6.02. The summed E-state index contributed by atoms with van der Waals surface area (Å²) in [6.07, 6.45) is 2.47. The Morgan fingerprint density at radius 1 is 1.43 bits per heavy atom. The molecule has 2 heterocycles. The Labute approximate surface area is 140 Å². The number of aromatic nitrogens is 2. The predicted octanol–water partition coefficient (Wildman–Crippen LogP) is -0.527. The first kappa shape index (κ1) is 16.1. The topological polar surface area (TPSA) is 105 Å². The highest BCUT2D eigenvalue weighted by Crippen LogP contribution is 2.28. The molecule has 4 atom stereocenters. The molecule has 1 aliphatic carbocycles. The number of amidine groups is 1. The van der Waals surface area contributed by atoms with Crippen LogP contribution >= 0.6 is 11.6 Å². The normalized spacial score (nSPS) is 31.2. The average Bonchev–Trinajstić information content (AvgIpc) is 3.06. The van der Waals surface area contributed by atoms with E-state index in [-0.39, 0.29) is 23.5 Å². The molecule has 0 spiro atoms. The van der Waals surface area contributed by atoms with E-state index in [4.69, 9.17) is 28.1 Å². The van der Waals surface area contributed by atoms with Crippen LogP contribution in [-0.4, -0.2) is 39.3 Å². The fourth-order valence-electron chi connectivity index (χ4n) is 3.18. The minimum atomic E-state index is -0.108. The van der Waals surface area contributed by atoms with Crippen LogP contribution in [0.3, 0.4) is 0 Å². The Kier molecular flexibility index (Phi) is 4.21. The molecule has 1 aliphatic heterocycles. The number of nitrogens with two attached hydrogens (primary N) is 2. The number of nitrogens with zero attached hydrogens (tertiary/aromatic N) is 2. The molecule has 7 heteroatoms. The summed E-state index contributed by atoms with van der Waals surface area (Å²) in [5, 5.41) is 4.78. The third-order valence-corrected chi connectivity index (χ3v) is 5.02.